The van der Waals surface area contributed by atoms with Gasteiger partial charge in [0.1, 0.15) is 0 Å². The van der Waals surface area contributed by atoms with Crippen molar-refractivity contribution in [2.75, 3.05) is 16.8 Å². The van der Waals surface area contributed by atoms with E-state index in [1.165, 1.54) is 0 Å². The number of anilines is 2. The van der Waals surface area contributed by atoms with Gasteiger partial charge < -0.3 is 10.2 Å². The summed E-state index contributed by atoms with van der Waals surface area (Å²) < 4.78 is 0. The van der Waals surface area contributed by atoms with E-state index in [1.807, 2.05) is 18.2 Å². The molecule has 1 aromatic rings. The summed E-state index contributed by atoms with van der Waals surface area (Å²) in [5.74, 6) is 0.0438. The minimum atomic E-state index is -0.115. The topological polar surface area (TPSA) is 49.4 Å². The minimum Gasteiger partial charge on any atom is -0.326 e. The zero-order chi connectivity index (χ0) is 12.0. The number of fused-ring (bicyclic) bond motifs is 1. The van der Waals surface area contributed by atoms with Crippen molar-refractivity contribution in [3.05, 3.63) is 23.8 Å². The lowest BCUT2D eigenvalue weighted by Gasteiger charge is -2.16. The molecule has 0 radical (unpaired) electrons. The Morgan fingerprint density at radius 2 is 2.18 bits per heavy atom. The highest BCUT2D eigenvalue weighted by atomic mass is 35.5. The molecule has 1 saturated heterocycles. The predicted octanol–water partition coefficient (Wildman–Crippen LogP) is 1.53. The van der Waals surface area contributed by atoms with Gasteiger partial charge in [-0.15, -0.1) is 11.6 Å². The van der Waals surface area contributed by atoms with Crippen molar-refractivity contribution in [3.63, 3.8) is 0 Å². The molecule has 1 unspecified atom stereocenters. The lowest BCUT2D eigenvalue weighted by molar-refractivity contribution is -0.117. The molecular formula is C12H11ClN2O2. The van der Waals surface area contributed by atoms with E-state index in [-0.39, 0.29) is 17.2 Å². The Balaban J connectivity index is 1.93. The first-order chi connectivity index (χ1) is 8.13. The van der Waals surface area contributed by atoms with Crippen LogP contribution < -0.4 is 10.2 Å². The van der Waals surface area contributed by atoms with Crippen LogP contribution in [0, 0.1) is 0 Å². The highest BCUT2D eigenvalue weighted by molar-refractivity contribution is 6.24. The van der Waals surface area contributed by atoms with Gasteiger partial charge in [0.05, 0.1) is 11.8 Å². The molecule has 0 aromatic heterocycles. The third-order valence-corrected chi connectivity index (χ3v) is 3.40. The summed E-state index contributed by atoms with van der Waals surface area (Å²) in [4.78, 5) is 24.6. The SMILES string of the molecule is O=C1Cc2cc(N3CC(Cl)CC3=O)ccc2N1. The van der Waals surface area contributed by atoms with Crippen molar-refractivity contribution in [2.45, 2.75) is 18.2 Å². The Kier molecular flexibility index (Phi) is 2.33. The van der Waals surface area contributed by atoms with Crippen LogP contribution in [-0.2, 0) is 16.0 Å². The average molecular weight is 251 g/mol. The fraction of sp³-hybridized carbons (Fsp3) is 0.333. The number of rotatable bonds is 1. The van der Waals surface area contributed by atoms with Crippen LogP contribution in [0.1, 0.15) is 12.0 Å². The smallest absolute Gasteiger partial charge is 0.228 e. The summed E-state index contributed by atoms with van der Waals surface area (Å²) in [5, 5.41) is 2.65. The number of alkyl halides is 1. The van der Waals surface area contributed by atoms with Gasteiger partial charge in [-0.05, 0) is 23.8 Å². The highest BCUT2D eigenvalue weighted by Gasteiger charge is 2.30. The van der Waals surface area contributed by atoms with E-state index in [0.717, 1.165) is 16.9 Å². The standard InChI is InChI=1S/C12H11ClN2O2/c13-8-5-12(17)15(6-8)9-1-2-10-7(3-9)4-11(16)14-10/h1-3,8H,4-6H2,(H,14,16). The second kappa shape index (κ2) is 3.74. The first-order valence-corrected chi connectivity index (χ1v) is 5.94. The Morgan fingerprint density at radius 1 is 1.35 bits per heavy atom. The van der Waals surface area contributed by atoms with E-state index < -0.39 is 0 Å². The van der Waals surface area contributed by atoms with Crippen molar-refractivity contribution in [1.82, 2.24) is 0 Å². The van der Waals surface area contributed by atoms with E-state index in [9.17, 15) is 9.59 Å². The van der Waals surface area contributed by atoms with Crippen LogP contribution in [0.15, 0.2) is 18.2 Å². The van der Waals surface area contributed by atoms with Crippen LogP contribution in [0.5, 0.6) is 0 Å². The molecule has 17 heavy (non-hydrogen) atoms. The average Bonchev–Trinajstić information content (AvgIpc) is 2.78. The molecule has 0 aliphatic carbocycles. The zero-order valence-electron chi connectivity index (χ0n) is 9.07. The molecule has 3 rings (SSSR count). The Hall–Kier alpha value is -1.55. The Morgan fingerprint density at radius 3 is 2.88 bits per heavy atom. The summed E-state index contributed by atoms with van der Waals surface area (Å²) in [5.41, 5.74) is 2.61. The molecule has 88 valence electrons. The maximum atomic E-state index is 11.7. The van der Waals surface area contributed by atoms with Gasteiger partial charge in [-0.1, -0.05) is 0 Å². The number of hydrogen-bond acceptors (Lipinski definition) is 2. The number of nitrogens with zero attached hydrogens (tertiary/aromatic N) is 1. The molecule has 5 heteroatoms. The summed E-state index contributed by atoms with van der Waals surface area (Å²) in [6, 6.07) is 5.57. The molecule has 0 spiro atoms. The van der Waals surface area contributed by atoms with E-state index in [1.54, 1.807) is 4.90 Å². The van der Waals surface area contributed by atoms with E-state index in [4.69, 9.17) is 11.6 Å². The number of amides is 2. The number of nitrogens with one attached hydrogen (secondary N) is 1. The number of carbonyl (C=O) groups excluding carboxylic acids is 2. The Bertz CT molecular complexity index is 515. The quantitative estimate of drug-likeness (QED) is 0.769. The largest absolute Gasteiger partial charge is 0.326 e. The molecule has 0 saturated carbocycles. The van der Waals surface area contributed by atoms with Crippen LogP contribution in [0.2, 0.25) is 0 Å². The third kappa shape index (κ3) is 1.78. The van der Waals surface area contributed by atoms with Crippen molar-refractivity contribution < 1.29 is 9.59 Å². The fourth-order valence-electron chi connectivity index (χ4n) is 2.30. The Labute approximate surface area is 104 Å². The molecule has 4 nitrogen and oxygen atoms in total. The van der Waals surface area contributed by atoms with Crippen molar-refractivity contribution in [1.29, 1.82) is 0 Å². The molecule has 0 bridgehead atoms. The number of carbonyl (C=O) groups is 2. The minimum absolute atomic E-state index is 0.000110. The summed E-state index contributed by atoms with van der Waals surface area (Å²) in [6.07, 6.45) is 0.769. The first-order valence-electron chi connectivity index (χ1n) is 5.51. The molecule has 2 heterocycles. The molecule has 1 aromatic carbocycles. The summed E-state index contributed by atoms with van der Waals surface area (Å²) >= 11 is 5.96. The van der Waals surface area contributed by atoms with Crippen molar-refractivity contribution in [3.8, 4) is 0 Å². The van der Waals surface area contributed by atoms with E-state index in [2.05, 4.69) is 5.32 Å². The second-order valence-electron chi connectivity index (χ2n) is 4.37. The van der Waals surface area contributed by atoms with Gasteiger partial charge in [-0.3, -0.25) is 9.59 Å². The number of halogens is 1. The van der Waals surface area contributed by atoms with Crippen LogP contribution in [-0.4, -0.2) is 23.7 Å². The van der Waals surface area contributed by atoms with Gasteiger partial charge >= 0.3 is 0 Å². The highest BCUT2D eigenvalue weighted by Crippen LogP contribution is 2.30. The van der Waals surface area contributed by atoms with Gasteiger partial charge in [0.2, 0.25) is 11.8 Å². The maximum Gasteiger partial charge on any atom is 0.228 e. The third-order valence-electron chi connectivity index (χ3n) is 3.10. The van der Waals surface area contributed by atoms with Gasteiger partial charge in [0, 0.05) is 24.3 Å². The van der Waals surface area contributed by atoms with Gasteiger partial charge in [-0.2, -0.15) is 0 Å². The summed E-state index contributed by atoms with van der Waals surface area (Å²) in [6.45, 7) is 0.542. The normalized spacial score (nSPS) is 22.9. The molecule has 1 atom stereocenters. The van der Waals surface area contributed by atoms with Gasteiger partial charge in [0.25, 0.3) is 0 Å². The molecular weight excluding hydrogens is 240 g/mol. The first kappa shape index (κ1) is 10.6. The number of benzene rings is 1. The van der Waals surface area contributed by atoms with Crippen LogP contribution in [0.25, 0.3) is 0 Å². The molecule has 2 amide bonds. The monoisotopic (exact) mass is 250 g/mol. The summed E-state index contributed by atoms with van der Waals surface area (Å²) in [7, 11) is 0. The molecule has 1 fully saturated rings. The molecule has 2 aliphatic rings. The predicted molar refractivity (Wildman–Crippen MR) is 65.4 cm³/mol. The fourth-order valence-corrected chi connectivity index (χ4v) is 2.57. The molecule has 1 N–H and O–H groups in total. The zero-order valence-corrected chi connectivity index (χ0v) is 9.83. The van der Waals surface area contributed by atoms with Crippen molar-refractivity contribution >= 4 is 34.8 Å². The van der Waals surface area contributed by atoms with Crippen LogP contribution >= 0.6 is 11.6 Å². The molecule has 2 aliphatic heterocycles. The lowest BCUT2D eigenvalue weighted by atomic mass is 10.1. The second-order valence-corrected chi connectivity index (χ2v) is 4.99. The lowest BCUT2D eigenvalue weighted by Crippen LogP contribution is -2.24. The van der Waals surface area contributed by atoms with E-state index in [0.29, 0.717) is 19.4 Å². The maximum absolute atomic E-state index is 11.7. The number of hydrogen-bond donors (Lipinski definition) is 1. The van der Waals surface area contributed by atoms with E-state index >= 15 is 0 Å². The van der Waals surface area contributed by atoms with Gasteiger partial charge in [0.15, 0.2) is 0 Å². The van der Waals surface area contributed by atoms with Crippen molar-refractivity contribution in [2.24, 2.45) is 0 Å². The van der Waals surface area contributed by atoms with Crippen LogP contribution in [0.3, 0.4) is 0 Å². The van der Waals surface area contributed by atoms with Gasteiger partial charge in [-0.25, -0.2) is 0 Å². The van der Waals surface area contributed by atoms with Crippen LogP contribution in [0.4, 0.5) is 11.4 Å².